The van der Waals surface area contributed by atoms with E-state index < -0.39 is 0 Å². The van der Waals surface area contributed by atoms with Gasteiger partial charge in [0.15, 0.2) is 0 Å². The number of halogens is 1. The van der Waals surface area contributed by atoms with Gasteiger partial charge in [-0.1, -0.05) is 0 Å². The minimum Gasteiger partial charge on any atom is -0.398 e. The van der Waals surface area contributed by atoms with Crippen molar-refractivity contribution in [3.05, 3.63) is 52.5 Å². The molecule has 0 heterocycles. The monoisotopic (exact) mass is 330 g/mol. The molecule has 2 aromatic rings. The van der Waals surface area contributed by atoms with Crippen molar-refractivity contribution >= 4 is 39.0 Å². The molecule has 0 aliphatic carbocycles. The molecule has 2 aromatic carbocycles. The average Bonchev–Trinajstić information content (AvgIpc) is 2.44. The Morgan fingerprint density at radius 2 is 1.70 bits per heavy atom. The lowest BCUT2D eigenvalue weighted by Gasteiger charge is -2.08. The van der Waals surface area contributed by atoms with E-state index >= 15 is 0 Å². The molecule has 20 heavy (non-hydrogen) atoms. The Morgan fingerprint density at radius 3 is 2.30 bits per heavy atom. The lowest BCUT2D eigenvalue weighted by Crippen LogP contribution is -2.19. The Hall–Kier alpha value is -2.52. The first kappa shape index (κ1) is 13.9. The van der Waals surface area contributed by atoms with Crippen molar-refractivity contribution in [1.29, 1.82) is 5.26 Å². The summed E-state index contributed by atoms with van der Waals surface area (Å²) in [6, 6.07) is 13.4. The molecule has 5 nitrogen and oxygen atoms in total. The zero-order valence-corrected chi connectivity index (χ0v) is 11.9. The van der Waals surface area contributed by atoms with Crippen LogP contribution in [0.3, 0.4) is 0 Å². The molecule has 0 atom stereocenters. The number of rotatable bonds is 2. The highest BCUT2D eigenvalue weighted by atomic mass is 79.9. The van der Waals surface area contributed by atoms with Crippen molar-refractivity contribution in [3.8, 4) is 6.07 Å². The summed E-state index contributed by atoms with van der Waals surface area (Å²) in [6.07, 6.45) is 0. The number of carbonyl (C=O) groups excluding carboxylic acids is 1. The smallest absolute Gasteiger partial charge is 0.323 e. The zero-order valence-electron chi connectivity index (χ0n) is 10.4. The summed E-state index contributed by atoms with van der Waals surface area (Å²) < 4.78 is 0.774. The van der Waals surface area contributed by atoms with E-state index in [9.17, 15) is 4.79 Å². The standard InChI is InChI=1S/C14H11BrN4O/c15-12-6-5-11(7-13(12)17)19-14(20)18-10-3-1-9(8-16)2-4-10/h1-7H,17H2,(H2,18,19,20). The summed E-state index contributed by atoms with van der Waals surface area (Å²) in [4.78, 5) is 11.8. The van der Waals surface area contributed by atoms with E-state index in [1.54, 1.807) is 42.5 Å². The lowest BCUT2D eigenvalue weighted by molar-refractivity contribution is 0.262. The van der Waals surface area contributed by atoms with Crippen molar-refractivity contribution in [2.75, 3.05) is 16.4 Å². The molecule has 2 amide bonds. The van der Waals surface area contributed by atoms with Gasteiger partial charge in [-0.15, -0.1) is 0 Å². The maximum absolute atomic E-state index is 11.8. The fourth-order valence-electron chi connectivity index (χ4n) is 1.54. The predicted molar refractivity (Wildman–Crippen MR) is 82.4 cm³/mol. The number of nitrogens with zero attached hydrogens (tertiary/aromatic N) is 1. The second-order valence-corrected chi connectivity index (χ2v) is 4.86. The number of amides is 2. The van der Waals surface area contributed by atoms with E-state index in [2.05, 4.69) is 26.6 Å². The van der Waals surface area contributed by atoms with Crippen LogP contribution in [0.5, 0.6) is 0 Å². The van der Waals surface area contributed by atoms with Gasteiger partial charge in [0.25, 0.3) is 0 Å². The van der Waals surface area contributed by atoms with Crippen LogP contribution in [0.25, 0.3) is 0 Å². The molecule has 0 radical (unpaired) electrons. The molecule has 6 heteroatoms. The van der Waals surface area contributed by atoms with Crippen molar-refractivity contribution in [2.24, 2.45) is 0 Å². The van der Waals surface area contributed by atoms with E-state index in [0.29, 0.717) is 22.6 Å². The molecular formula is C14H11BrN4O. The molecule has 0 aromatic heterocycles. The van der Waals surface area contributed by atoms with Crippen LogP contribution in [0, 0.1) is 11.3 Å². The number of hydrogen-bond donors (Lipinski definition) is 3. The predicted octanol–water partition coefficient (Wildman–Crippen LogP) is 3.55. The van der Waals surface area contributed by atoms with Gasteiger partial charge in [-0.05, 0) is 58.4 Å². The van der Waals surface area contributed by atoms with Crippen LogP contribution in [-0.2, 0) is 0 Å². The molecule has 4 N–H and O–H groups in total. The Labute approximate surface area is 124 Å². The van der Waals surface area contributed by atoms with Gasteiger partial charge >= 0.3 is 6.03 Å². The van der Waals surface area contributed by atoms with E-state index in [0.717, 1.165) is 4.47 Å². The van der Waals surface area contributed by atoms with Gasteiger partial charge in [-0.2, -0.15) is 5.26 Å². The summed E-state index contributed by atoms with van der Waals surface area (Å²) in [6.45, 7) is 0. The number of nitrogens with one attached hydrogen (secondary N) is 2. The molecule has 0 unspecified atom stereocenters. The Kier molecular flexibility index (Phi) is 4.23. The van der Waals surface area contributed by atoms with Crippen LogP contribution >= 0.6 is 15.9 Å². The van der Waals surface area contributed by atoms with E-state index in [1.807, 2.05) is 6.07 Å². The zero-order chi connectivity index (χ0) is 14.5. The lowest BCUT2D eigenvalue weighted by atomic mass is 10.2. The fraction of sp³-hybridized carbons (Fsp3) is 0. The quantitative estimate of drug-likeness (QED) is 0.735. The van der Waals surface area contributed by atoms with Crippen molar-refractivity contribution < 1.29 is 4.79 Å². The van der Waals surface area contributed by atoms with Crippen LogP contribution in [0.2, 0.25) is 0 Å². The highest BCUT2D eigenvalue weighted by molar-refractivity contribution is 9.10. The minimum atomic E-state index is -0.378. The number of nitriles is 1. The number of carbonyl (C=O) groups is 1. The van der Waals surface area contributed by atoms with Crippen LogP contribution < -0.4 is 16.4 Å². The topological polar surface area (TPSA) is 90.9 Å². The third-order valence-corrected chi connectivity index (χ3v) is 3.25. The van der Waals surface area contributed by atoms with Gasteiger partial charge in [0.2, 0.25) is 0 Å². The van der Waals surface area contributed by atoms with Gasteiger partial charge in [0, 0.05) is 21.5 Å². The fourth-order valence-corrected chi connectivity index (χ4v) is 1.79. The van der Waals surface area contributed by atoms with Crippen LogP contribution in [0.1, 0.15) is 5.56 Å². The first-order valence-electron chi connectivity index (χ1n) is 5.71. The molecule has 0 bridgehead atoms. The first-order chi connectivity index (χ1) is 9.58. The summed E-state index contributed by atoms with van der Waals surface area (Å²) in [5, 5.41) is 14.0. The number of nitrogens with two attached hydrogens (primary N) is 1. The molecule has 100 valence electrons. The van der Waals surface area contributed by atoms with E-state index in [-0.39, 0.29) is 6.03 Å². The second-order valence-electron chi connectivity index (χ2n) is 4.00. The molecule has 0 aliphatic rings. The number of anilines is 3. The van der Waals surface area contributed by atoms with Crippen LogP contribution in [-0.4, -0.2) is 6.03 Å². The van der Waals surface area contributed by atoms with E-state index in [4.69, 9.17) is 11.0 Å². The number of nitrogen functional groups attached to an aromatic ring is 1. The van der Waals surface area contributed by atoms with Gasteiger partial charge in [-0.25, -0.2) is 4.79 Å². The summed E-state index contributed by atoms with van der Waals surface area (Å²) in [7, 11) is 0. The average molecular weight is 331 g/mol. The van der Waals surface area contributed by atoms with Gasteiger partial charge in [-0.3, -0.25) is 0 Å². The summed E-state index contributed by atoms with van der Waals surface area (Å²) in [5.41, 5.74) is 8.01. The van der Waals surface area contributed by atoms with Gasteiger partial charge in [0.05, 0.1) is 11.6 Å². The Morgan fingerprint density at radius 1 is 1.10 bits per heavy atom. The summed E-state index contributed by atoms with van der Waals surface area (Å²) >= 11 is 3.28. The maximum atomic E-state index is 11.8. The first-order valence-corrected chi connectivity index (χ1v) is 6.51. The molecule has 0 saturated heterocycles. The molecule has 2 rings (SSSR count). The minimum absolute atomic E-state index is 0.378. The molecule has 0 aliphatic heterocycles. The molecule has 0 saturated carbocycles. The van der Waals surface area contributed by atoms with Gasteiger partial charge in [0.1, 0.15) is 0 Å². The molecule has 0 fully saturated rings. The third kappa shape index (κ3) is 3.49. The van der Waals surface area contributed by atoms with Crippen LogP contribution in [0.4, 0.5) is 21.9 Å². The Bertz CT molecular complexity index is 677. The van der Waals surface area contributed by atoms with Gasteiger partial charge < -0.3 is 16.4 Å². The second kappa shape index (κ2) is 6.08. The maximum Gasteiger partial charge on any atom is 0.323 e. The third-order valence-electron chi connectivity index (χ3n) is 2.53. The largest absolute Gasteiger partial charge is 0.398 e. The molecular weight excluding hydrogens is 320 g/mol. The highest BCUT2D eigenvalue weighted by Gasteiger charge is 2.04. The number of benzene rings is 2. The van der Waals surface area contributed by atoms with Crippen molar-refractivity contribution in [2.45, 2.75) is 0 Å². The van der Waals surface area contributed by atoms with Crippen LogP contribution in [0.15, 0.2) is 46.9 Å². The number of urea groups is 1. The van der Waals surface area contributed by atoms with E-state index in [1.165, 1.54) is 0 Å². The highest BCUT2D eigenvalue weighted by Crippen LogP contribution is 2.23. The Balaban J connectivity index is 2.01. The SMILES string of the molecule is N#Cc1ccc(NC(=O)Nc2ccc(Br)c(N)c2)cc1. The normalized spacial score (nSPS) is 9.60. The number of hydrogen-bond acceptors (Lipinski definition) is 3. The van der Waals surface area contributed by atoms with Crippen molar-refractivity contribution in [3.63, 3.8) is 0 Å². The van der Waals surface area contributed by atoms with Crippen molar-refractivity contribution in [1.82, 2.24) is 0 Å². The summed E-state index contributed by atoms with van der Waals surface area (Å²) in [5.74, 6) is 0. The molecule has 0 spiro atoms.